The summed E-state index contributed by atoms with van der Waals surface area (Å²) in [4.78, 5) is 0. The van der Waals surface area contributed by atoms with Gasteiger partial charge in [-0.1, -0.05) is 32.4 Å². The number of halogens is 1. The second kappa shape index (κ2) is 6.48. The lowest BCUT2D eigenvalue weighted by Gasteiger charge is -2.30. The molecule has 0 spiro atoms. The van der Waals surface area contributed by atoms with Crippen LogP contribution in [0.3, 0.4) is 0 Å². The summed E-state index contributed by atoms with van der Waals surface area (Å²) in [6, 6.07) is 0. The lowest BCUT2D eigenvalue weighted by molar-refractivity contribution is 0.251. The Hall–Kier alpha value is -0.540. The molecule has 1 saturated carbocycles. The summed E-state index contributed by atoms with van der Waals surface area (Å²) in [6.07, 6.45) is 4.66. The number of hydrogen-bond acceptors (Lipinski definition) is 2. The van der Waals surface area contributed by atoms with Crippen molar-refractivity contribution in [1.82, 2.24) is 15.1 Å². The van der Waals surface area contributed by atoms with E-state index in [1.807, 2.05) is 0 Å². The molecule has 0 aromatic carbocycles. The van der Waals surface area contributed by atoms with E-state index in [4.69, 9.17) is 11.6 Å². The van der Waals surface area contributed by atoms with E-state index in [1.165, 1.54) is 18.5 Å². The van der Waals surface area contributed by atoms with E-state index >= 15 is 0 Å². The van der Waals surface area contributed by atoms with Gasteiger partial charge in [0.15, 0.2) is 0 Å². The Morgan fingerprint density at radius 2 is 2.05 bits per heavy atom. The Bertz CT molecular complexity index is 451. The Morgan fingerprint density at radius 3 is 2.55 bits per heavy atom. The van der Waals surface area contributed by atoms with Crippen molar-refractivity contribution in [2.45, 2.75) is 59.9 Å². The van der Waals surface area contributed by atoms with Crippen molar-refractivity contribution in [3.63, 3.8) is 0 Å². The molecule has 1 unspecified atom stereocenters. The highest BCUT2D eigenvalue weighted by Gasteiger charge is 2.42. The van der Waals surface area contributed by atoms with Gasteiger partial charge in [0, 0.05) is 13.1 Å². The lowest BCUT2D eigenvalue weighted by Crippen LogP contribution is -2.36. The number of aromatic nitrogens is 2. The molecule has 1 atom stereocenters. The Morgan fingerprint density at radius 1 is 1.35 bits per heavy atom. The first kappa shape index (κ1) is 15.8. The minimum Gasteiger partial charge on any atom is -0.316 e. The highest BCUT2D eigenvalue weighted by atomic mass is 35.5. The maximum absolute atomic E-state index is 6.57. The Kier molecular flexibility index (Phi) is 5.14. The Balaban J connectivity index is 2.23. The van der Waals surface area contributed by atoms with Crippen molar-refractivity contribution in [3.05, 3.63) is 16.4 Å². The van der Waals surface area contributed by atoms with Crippen LogP contribution in [0.25, 0.3) is 0 Å². The van der Waals surface area contributed by atoms with Crippen LogP contribution >= 0.6 is 11.6 Å². The zero-order valence-electron chi connectivity index (χ0n) is 13.3. The summed E-state index contributed by atoms with van der Waals surface area (Å²) in [5.74, 6) is 0.836. The van der Waals surface area contributed by atoms with Crippen LogP contribution in [0.1, 0.15) is 51.9 Å². The molecule has 1 aliphatic carbocycles. The van der Waals surface area contributed by atoms with Crippen molar-refractivity contribution < 1.29 is 0 Å². The van der Waals surface area contributed by atoms with Crippen molar-refractivity contribution in [3.8, 4) is 0 Å². The van der Waals surface area contributed by atoms with Crippen molar-refractivity contribution in [2.24, 2.45) is 11.3 Å². The molecule has 0 aliphatic heterocycles. The van der Waals surface area contributed by atoms with Crippen LogP contribution in [0.4, 0.5) is 0 Å². The summed E-state index contributed by atoms with van der Waals surface area (Å²) in [6.45, 7) is 11.8. The molecular weight excluding hydrogens is 270 g/mol. The molecule has 0 bridgehead atoms. The number of aryl methyl sites for hydroxylation is 2. The molecule has 2 rings (SSSR count). The lowest BCUT2D eigenvalue weighted by atomic mass is 9.80. The molecule has 1 aliphatic rings. The minimum absolute atomic E-state index is 0.303. The van der Waals surface area contributed by atoms with Crippen LogP contribution in [0.5, 0.6) is 0 Å². The SMILES string of the molecule is CCNCC(C)(Cc1c(Cl)c(CC)nn1CC)C1CC1. The van der Waals surface area contributed by atoms with E-state index in [0.717, 1.165) is 49.1 Å². The largest absolute Gasteiger partial charge is 0.316 e. The van der Waals surface area contributed by atoms with Crippen LogP contribution < -0.4 is 5.32 Å². The summed E-state index contributed by atoms with van der Waals surface area (Å²) in [7, 11) is 0. The van der Waals surface area contributed by atoms with Crippen LogP contribution in [-0.4, -0.2) is 22.9 Å². The summed E-state index contributed by atoms with van der Waals surface area (Å²) in [5.41, 5.74) is 2.58. The third-order valence-electron chi connectivity index (χ3n) is 4.61. The smallest absolute Gasteiger partial charge is 0.0850 e. The second-order valence-electron chi connectivity index (χ2n) is 6.26. The van der Waals surface area contributed by atoms with Crippen molar-refractivity contribution in [1.29, 1.82) is 0 Å². The van der Waals surface area contributed by atoms with Gasteiger partial charge < -0.3 is 5.32 Å². The third-order valence-corrected chi connectivity index (χ3v) is 5.04. The van der Waals surface area contributed by atoms with Crippen LogP contribution in [0, 0.1) is 11.3 Å². The highest BCUT2D eigenvalue weighted by molar-refractivity contribution is 6.31. The topological polar surface area (TPSA) is 29.9 Å². The molecule has 0 amide bonds. The zero-order valence-corrected chi connectivity index (χ0v) is 14.1. The van der Waals surface area contributed by atoms with E-state index in [2.05, 4.69) is 42.8 Å². The molecule has 1 aromatic rings. The van der Waals surface area contributed by atoms with E-state index in [-0.39, 0.29) is 0 Å². The number of nitrogens with zero attached hydrogens (tertiary/aromatic N) is 2. The second-order valence-corrected chi connectivity index (χ2v) is 6.64. The highest BCUT2D eigenvalue weighted by Crippen LogP contribution is 2.47. The van der Waals surface area contributed by atoms with E-state index in [9.17, 15) is 0 Å². The molecule has 1 aromatic heterocycles. The van der Waals surface area contributed by atoms with Gasteiger partial charge in [0.25, 0.3) is 0 Å². The van der Waals surface area contributed by atoms with Crippen LogP contribution in [0.15, 0.2) is 0 Å². The fourth-order valence-corrected chi connectivity index (χ4v) is 3.45. The van der Waals surface area contributed by atoms with Crippen molar-refractivity contribution in [2.75, 3.05) is 13.1 Å². The molecule has 1 fully saturated rings. The molecule has 0 saturated heterocycles. The number of nitrogens with one attached hydrogen (secondary N) is 1. The standard InChI is InChI=1S/C16H28ClN3/c1-5-13-15(17)14(20(7-3)19-13)10-16(4,11-18-6-2)12-8-9-12/h12,18H,5-11H2,1-4H3. The van der Waals surface area contributed by atoms with Crippen LogP contribution in [0.2, 0.25) is 5.02 Å². The summed E-state index contributed by atoms with van der Waals surface area (Å²) < 4.78 is 2.10. The molecular formula is C16H28ClN3. The summed E-state index contributed by atoms with van der Waals surface area (Å²) in [5, 5.41) is 9.09. The fourth-order valence-electron chi connectivity index (χ4n) is 3.11. The van der Waals surface area contributed by atoms with Gasteiger partial charge in [0.2, 0.25) is 0 Å². The maximum Gasteiger partial charge on any atom is 0.0850 e. The average Bonchev–Trinajstić information content (AvgIpc) is 3.25. The third kappa shape index (κ3) is 3.20. The molecule has 0 radical (unpaired) electrons. The molecule has 20 heavy (non-hydrogen) atoms. The van der Waals surface area contributed by atoms with Gasteiger partial charge in [-0.25, -0.2) is 0 Å². The first-order chi connectivity index (χ1) is 9.55. The number of hydrogen-bond donors (Lipinski definition) is 1. The molecule has 1 heterocycles. The van der Waals surface area contributed by atoms with E-state index in [0.29, 0.717) is 5.41 Å². The van der Waals surface area contributed by atoms with E-state index in [1.54, 1.807) is 0 Å². The predicted octanol–water partition coefficient (Wildman–Crippen LogP) is 3.69. The predicted molar refractivity (Wildman–Crippen MR) is 85.4 cm³/mol. The zero-order chi connectivity index (χ0) is 14.8. The quantitative estimate of drug-likeness (QED) is 0.793. The molecule has 114 valence electrons. The molecule has 1 N–H and O–H groups in total. The van der Waals surface area contributed by atoms with Crippen molar-refractivity contribution >= 4 is 11.6 Å². The van der Waals surface area contributed by atoms with Gasteiger partial charge in [-0.05, 0) is 50.5 Å². The molecule has 3 nitrogen and oxygen atoms in total. The van der Waals surface area contributed by atoms with Crippen LogP contribution in [-0.2, 0) is 19.4 Å². The van der Waals surface area contributed by atoms with Gasteiger partial charge in [-0.15, -0.1) is 0 Å². The monoisotopic (exact) mass is 297 g/mol. The van der Waals surface area contributed by atoms with Gasteiger partial charge in [0.05, 0.1) is 16.4 Å². The first-order valence-corrected chi connectivity index (χ1v) is 8.38. The normalized spacial score (nSPS) is 18.2. The Labute approximate surface area is 128 Å². The van der Waals surface area contributed by atoms with Gasteiger partial charge in [-0.3, -0.25) is 4.68 Å². The van der Waals surface area contributed by atoms with Gasteiger partial charge in [-0.2, -0.15) is 5.10 Å². The van der Waals surface area contributed by atoms with Gasteiger partial charge in [0.1, 0.15) is 0 Å². The summed E-state index contributed by atoms with van der Waals surface area (Å²) >= 11 is 6.57. The maximum atomic E-state index is 6.57. The number of rotatable bonds is 8. The minimum atomic E-state index is 0.303. The van der Waals surface area contributed by atoms with Gasteiger partial charge >= 0.3 is 0 Å². The first-order valence-electron chi connectivity index (χ1n) is 8.00. The van der Waals surface area contributed by atoms with E-state index < -0.39 is 0 Å². The molecule has 4 heteroatoms. The average molecular weight is 298 g/mol. The fraction of sp³-hybridized carbons (Fsp3) is 0.812.